The molecule has 0 saturated carbocycles. The molecule has 0 radical (unpaired) electrons. The summed E-state index contributed by atoms with van der Waals surface area (Å²) in [6.07, 6.45) is 1.66. The van der Waals surface area contributed by atoms with Gasteiger partial charge in [0.05, 0.1) is 5.56 Å². The molecule has 1 aliphatic rings. The molecule has 2 aromatic carbocycles. The van der Waals surface area contributed by atoms with Gasteiger partial charge in [-0.25, -0.2) is 0 Å². The second-order valence-corrected chi connectivity index (χ2v) is 6.29. The topological polar surface area (TPSA) is 85.0 Å². The summed E-state index contributed by atoms with van der Waals surface area (Å²) in [4.78, 5) is 25.8. The molecule has 0 saturated heterocycles. The molecule has 0 aliphatic carbocycles. The summed E-state index contributed by atoms with van der Waals surface area (Å²) in [7, 11) is 1.91. The number of nitriles is 1. The lowest BCUT2D eigenvalue weighted by Gasteiger charge is -2.24. The van der Waals surface area contributed by atoms with E-state index in [2.05, 4.69) is 0 Å². The van der Waals surface area contributed by atoms with Crippen molar-refractivity contribution in [3.05, 3.63) is 67.1 Å². The molecule has 0 atom stereocenters. The van der Waals surface area contributed by atoms with E-state index < -0.39 is 10.9 Å². The number of para-hydroxylation sites is 1. The van der Waals surface area contributed by atoms with Crippen molar-refractivity contribution in [1.29, 1.82) is 10.7 Å². The van der Waals surface area contributed by atoms with Crippen LogP contribution in [0.3, 0.4) is 0 Å². The molecule has 3 rings (SSSR count). The van der Waals surface area contributed by atoms with Crippen molar-refractivity contribution in [1.82, 2.24) is 0 Å². The zero-order valence-electron chi connectivity index (χ0n) is 13.6. The van der Waals surface area contributed by atoms with Crippen LogP contribution in [0.5, 0.6) is 0 Å². The van der Waals surface area contributed by atoms with Gasteiger partial charge >= 0.3 is 0 Å². The highest BCUT2D eigenvalue weighted by atomic mass is 16.2. The van der Waals surface area contributed by atoms with Crippen LogP contribution in [0.25, 0.3) is 11.6 Å². The van der Waals surface area contributed by atoms with Crippen molar-refractivity contribution in [2.24, 2.45) is 0 Å². The smallest absolute Gasteiger partial charge is 0.236 e. The van der Waals surface area contributed by atoms with Crippen molar-refractivity contribution in [3.63, 3.8) is 0 Å². The van der Waals surface area contributed by atoms with Crippen LogP contribution in [-0.2, 0) is 5.41 Å². The fraction of sp³-hybridized carbons (Fsp3) is 0.211. The van der Waals surface area contributed by atoms with E-state index in [1.807, 2.05) is 55.9 Å². The Hall–Kier alpha value is -3.22. The molecule has 2 aromatic rings. The largest absolute Gasteiger partial charge is 0.347 e. The van der Waals surface area contributed by atoms with Crippen LogP contribution < -0.4 is 15.8 Å². The van der Waals surface area contributed by atoms with Crippen LogP contribution in [0.1, 0.15) is 30.5 Å². The van der Waals surface area contributed by atoms with Gasteiger partial charge in [0.25, 0.3) is 0 Å². The quantitative estimate of drug-likeness (QED) is 0.523. The van der Waals surface area contributed by atoms with E-state index in [1.165, 1.54) is 0 Å². The van der Waals surface area contributed by atoms with Gasteiger partial charge in [0.2, 0.25) is 10.9 Å². The van der Waals surface area contributed by atoms with Gasteiger partial charge in [-0.3, -0.25) is 15.0 Å². The van der Waals surface area contributed by atoms with Crippen LogP contribution >= 0.6 is 0 Å². The van der Waals surface area contributed by atoms with Gasteiger partial charge in [-0.1, -0.05) is 32.0 Å². The maximum atomic E-state index is 12.0. The van der Waals surface area contributed by atoms with E-state index in [0.29, 0.717) is 0 Å². The number of benzene rings is 1. The molecule has 1 aliphatic heterocycles. The monoisotopic (exact) mass is 317 g/mol. The number of nitrogens with one attached hydrogen (secondary N) is 1. The Morgan fingerprint density at radius 1 is 1.25 bits per heavy atom. The molecule has 118 valence electrons. The molecular formula is C19H15N3O2. The van der Waals surface area contributed by atoms with Crippen LogP contribution in [-0.4, -0.2) is 12.9 Å². The first-order valence-electron chi connectivity index (χ1n) is 7.43. The molecule has 1 N–H and O–H groups in total. The van der Waals surface area contributed by atoms with E-state index in [4.69, 9.17) is 10.7 Å². The second kappa shape index (κ2) is 5.16. The first kappa shape index (κ1) is 15.7. The summed E-state index contributed by atoms with van der Waals surface area (Å²) in [5.74, 6) is 1.94. The summed E-state index contributed by atoms with van der Waals surface area (Å²) in [6, 6.07) is 9.70. The van der Waals surface area contributed by atoms with Crippen molar-refractivity contribution in [2.75, 3.05) is 11.9 Å². The third kappa shape index (κ3) is 1.91. The van der Waals surface area contributed by atoms with Crippen LogP contribution in [0.2, 0.25) is 0 Å². The molecule has 1 heterocycles. The summed E-state index contributed by atoms with van der Waals surface area (Å²) >= 11 is 0. The highest BCUT2D eigenvalue weighted by Gasteiger charge is 2.39. The summed E-state index contributed by atoms with van der Waals surface area (Å²) < 4.78 is 0. The molecule has 0 fully saturated rings. The Bertz CT molecular complexity index is 1050. The van der Waals surface area contributed by atoms with Gasteiger partial charge in [0.1, 0.15) is 11.6 Å². The predicted octanol–water partition coefficient (Wildman–Crippen LogP) is 2.21. The number of likely N-dealkylation sites (N-methyl/N-ethyl adjacent to an activating group) is 1. The molecular weight excluding hydrogens is 302 g/mol. The Kier molecular flexibility index (Phi) is 3.37. The Morgan fingerprint density at radius 2 is 1.92 bits per heavy atom. The van der Waals surface area contributed by atoms with E-state index in [0.717, 1.165) is 16.9 Å². The number of anilines is 1. The maximum Gasteiger partial charge on any atom is 0.236 e. The molecule has 24 heavy (non-hydrogen) atoms. The molecule has 5 nitrogen and oxygen atoms in total. The van der Waals surface area contributed by atoms with Gasteiger partial charge in [-0.05, 0) is 23.6 Å². The van der Waals surface area contributed by atoms with Crippen LogP contribution in [0.15, 0.2) is 39.6 Å². The molecule has 5 heteroatoms. The highest BCUT2D eigenvalue weighted by molar-refractivity contribution is 5.99. The SMILES string of the molecule is CN1C(=Cc2c(C(=C=N)C#N)c(=O)c2=O)C(C)(C)c2ccccc21. The minimum Gasteiger partial charge on any atom is -0.347 e. The van der Waals surface area contributed by atoms with Crippen molar-refractivity contribution in [2.45, 2.75) is 19.3 Å². The maximum absolute atomic E-state index is 12.0. The summed E-state index contributed by atoms with van der Waals surface area (Å²) in [5, 5.41) is 16.2. The molecule has 0 aromatic heterocycles. The minimum atomic E-state index is -0.728. The van der Waals surface area contributed by atoms with Gasteiger partial charge < -0.3 is 4.90 Å². The lowest BCUT2D eigenvalue weighted by molar-refractivity contribution is 0.645. The van der Waals surface area contributed by atoms with Crippen molar-refractivity contribution >= 4 is 23.2 Å². The molecule has 0 unspecified atom stereocenters. The van der Waals surface area contributed by atoms with Gasteiger partial charge in [-0.15, -0.1) is 0 Å². The lowest BCUT2D eigenvalue weighted by atomic mass is 9.82. The fourth-order valence-corrected chi connectivity index (χ4v) is 3.34. The third-order valence-corrected chi connectivity index (χ3v) is 4.66. The average molecular weight is 317 g/mol. The van der Waals surface area contributed by atoms with E-state index >= 15 is 0 Å². The first-order chi connectivity index (χ1) is 11.3. The average Bonchev–Trinajstić information content (AvgIpc) is 2.78. The second-order valence-electron chi connectivity index (χ2n) is 6.29. The Morgan fingerprint density at radius 3 is 2.50 bits per heavy atom. The molecule has 0 amide bonds. The number of hydrogen-bond acceptors (Lipinski definition) is 5. The van der Waals surface area contributed by atoms with E-state index in [1.54, 1.807) is 12.1 Å². The van der Waals surface area contributed by atoms with E-state index in [9.17, 15) is 9.59 Å². The van der Waals surface area contributed by atoms with Gasteiger partial charge in [-0.2, -0.15) is 5.26 Å². The molecule has 0 bridgehead atoms. The number of fused-ring (bicyclic) bond motifs is 1. The fourth-order valence-electron chi connectivity index (χ4n) is 3.34. The number of nitrogens with zero attached hydrogens (tertiary/aromatic N) is 2. The minimum absolute atomic E-state index is 0.00911. The van der Waals surface area contributed by atoms with Gasteiger partial charge in [0, 0.05) is 29.4 Å². The molecule has 0 spiro atoms. The zero-order valence-corrected chi connectivity index (χ0v) is 13.6. The summed E-state index contributed by atoms with van der Waals surface area (Å²) in [6.45, 7) is 4.09. The normalized spacial score (nSPS) is 16.8. The van der Waals surface area contributed by atoms with Crippen LogP contribution in [0, 0.1) is 16.7 Å². The summed E-state index contributed by atoms with van der Waals surface area (Å²) in [5.41, 5.74) is 1.30. The number of allylic oxidation sites excluding steroid dienone is 2. The van der Waals surface area contributed by atoms with Gasteiger partial charge in [0.15, 0.2) is 0 Å². The zero-order chi connectivity index (χ0) is 17.6. The third-order valence-electron chi connectivity index (χ3n) is 4.66. The first-order valence-corrected chi connectivity index (χ1v) is 7.43. The Balaban J connectivity index is 2.21. The highest BCUT2D eigenvalue weighted by Crippen LogP contribution is 2.47. The Labute approximate surface area is 139 Å². The standard InChI is InChI=1S/C19H15N3O2/c1-19(2)13-6-4-5-7-14(13)22(3)15(19)8-12-16(11(9-20)10-21)18(24)17(12)23/h4-8,20H,1-3H3. The van der Waals surface area contributed by atoms with E-state index in [-0.39, 0.29) is 22.1 Å². The number of rotatable bonds is 2. The van der Waals surface area contributed by atoms with Crippen LogP contribution in [0.4, 0.5) is 5.69 Å². The number of hydrogen-bond donors (Lipinski definition) is 1. The predicted molar refractivity (Wildman–Crippen MR) is 93.9 cm³/mol. The lowest BCUT2D eigenvalue weighted by Crippen LogP contribution is -2.38. The van der Waals surface area contributed by atoms with Crippen molar-refractivity contribution in [3.8, 4) is 6.07 Å². The van der Waals surface area contributed by atoms with Crippen molar-refractivity contribution < 1.29 is 0 Å².